The fraction of sp³-hybridized carbons (Fsp3) is 0.250. The number of hydrogen-bond donors (Lipinski definition) is 1. The summed E-state index contributed by atoms with van der Waals surface area (Å²) in [5.41, 5.74) is 3.16. The lowest BCUT2D eigenvalue weighted by atomic mass is 9.79. The van der Waals surface area contributed by atoms with E-state index in [9.17, 15) is 0 Å². The summed E-state index contributed by atoms with van der Waals surface area (Å²) in [6, 6.07) is 14.4. The number of aliphatic imine (C=N–C) groups is 1. The first-order valence-electron chi connectivity index (χ1n) is 8.28. The molecule has 2 atom stereocenters. The van der Waals surface area contributed by atoms with Crippen molar-refractivity contribution in [3.05, 3.63) is 71.2 Å². The molecule has 1 aliphatic rings. The Morgan fingerprint density at radius 1 is 1.12 bits per heavy atom. The van der Waals surface area contributed by atoms with E-state index in [0.29, 0.717) is 0 Å². The Hall–Kier alpha value is -2.93. The molecule has 3 aromatic rings. The number of nitrogens with one attached hydrogen (secondary N) is 1. The maximum atomic E-state index is 7.80. The quantitative estimate of drug-likeness (QED) is 0.689. The molecule has 2 unspecified atom stereocenters. The highest BCUT2D eigenvalue weighted by molar-refractivity contribution is 5.98. The molecular weight excluding hydrogens is 296 g/mol. The first kappa shape index (κ1) is 14.6. The van der Waals surface area contributed by atoms with E-state index in [2.05, 4.69) is 63.4 Å². The van der Waals surface area contributed by atoms with Crippen molar-refractivity contribution in [2.24, 2.45) is 4.99 Å². The lowest BCUT2D eigenvalue weighted by Crippen LogP contribution is -2.29. The first-order valence-corrected chi connectivity index (χ1v) is 8.28. The van der Waals surface area contributed by atoms with Crippen molar-refractivity contribution in [3.63, 3.8) is 0 Å². The number of benzene rings is 2. The Labute approximate surface area is 141 Å². The van der Waals surface area contributed by atoms with Crippen LogP contribution in [-0.2, 0) is 0 Å². The zero-order valence-corrected chi connectivity index (χ0v) is 13.5. The average Bonchev–Trinajstić information content (AvgIpc) is 3.08. The van der Waals surface area contributed by atoms with Crippen LogP contribution >= 0.6 is 0 Å². The van der Waals surface area contributed by atoms with Gasteiger partial charge in [-0.25, -0.2) is 11.6 Å². The molecule has 4 nitrogen and oxygen atoms in total. The smallest absolute Gasteiger partial charge is 0.272 e. The van der Waals surface area contributed by atoms with Crippen molar-refractivity contribution in [3.8, 4) is 0 Å². The predicted octanol–water partition coefficient (Wildman–Crippen LogP) is 4.87. The number of aromatic amines is 1. The van der Waals surface area contributed by atoms with Gasteiger partial charge in [0.05, 0.1) is 12.1 Å². The molecule has 0 bridgehead atoms. The van der Waals surface area contributed by atoms with Gasteiger partial charge in [-0.1, -0.05) is 55.8 Å². The highest BCUT2D eigenvalue weighted by atomic mass is 15.2. The maximum Gasteiger partial charge on any atom is 0.272 e. The van der Waals surface area contributed by atoms with Crippen molar-refractivity contribution in [1.29, 1.82) is 0 Å². The van der Waals surface area contributed by atoms with Gasteiger partial charge in [0.15, 0.2) is 5.82 Å². The van der Waals surface area contributed by atoms with Crippen LogP contribution in [0.15, 0.2) is 53.7 Å². The third-order valence-corrected chi connectivity index (χ3v) is 4.70. The summed E-state index contributed by atoms with van der Waals surface area (Å²) in [6.07, 6.45) is 3.65. The molecule has 1 N–H and O–H groups in total. The van der Waals surface area contributed by atoms with Crippen LogP contribution in [0.4, 0.5) is 5.82 Å². The second-order valence-corrected chi connectivity index (χ2v) is 6.15. The lowest BCUT2D eigenvalue weighted by molar-refractivity contribution is 0.775. The van der Waals surface area contributed by atoms with E-state index in [1.807, 2.05) is 12.3 Å². The highest BCUT2D eigenvalue weighted by Crippen LogP contribution is 2.42. The van der Waals surface area contributed by atoms with Gasteiger partial charge in [-0.2, -0.15) is 5.10 Å². The second kappa shape index (κ2) is 5.93. The van der Waals surface area contributed by atoms with E-state index < -0.39 is 0 Å². The Morgan fingerprint density at radius 2 is 1.96 bits per heavy atom. The molecule has 118 valence electrons. The van der Waals surface area contributed by atoms with Gasteiger partial charge in [-0.05, 0) is 22.8 Å². The molecule has 0 saturated carbocycles. The minimum atomic E-state index is -0.263. The molecule has 0 amide bonds. The number of nitrogens with zero attached hydrogens (tertiary/aromatic N) is 3. The maximum absolute atomic E-state index is 7.80. The van der Waals surface area contributed by atoms with Crippen LogP contribution in [0.25, 0.3) is 15.6 Å². The van der Waals surface area contributed by atoms with Crippen LogP contribution in [0.2, 0.25) is 0 Å². The Bertz CT molecular complexity index is 956. The Kier molecular flexibility index (Phi) is 3.62. The molecule has 0 radical (unpaired) electrons. The molecular formula is C20H18N4. The van der Waals surface area contributed by atoms with Gasteiger partial charge in [0.2, 0.25) is 0 Å². The standard InChI is InChI=1S/C20H18N4/c1-3-7-17-19(21-2)18(16-12-22-24-20(16)23-17)15-11-6-9-13-8-4-5-10-14(13)15/h4-6,8-12,18-19H,3,7H2,1H3,(H,22,24). The van der Waals surface area contributed by atoms with E-state index in [1.165, 1.54) is 16.3 Å². The molecule has 0 aliphatic carbocycles. The number of hydrogen-bond acceptors (Lipinski definition) is 2. The van der Waals surface area contributed by atoms with Crippen LogP contribution in [-0.4, -0.2) is 22.0 Å². The van der Waals surface area contributed by atoms with Gasteiger partial charge in [0.25, 0.3) is 6.04 Å². The van der Waals surface area contributed by atoms with E-state index in [0.717, 1.165) is 29.9 Å². The minimum Gasteiger partial charge on any atom is -0.306 e. The van der Waals surface area contributed by atoms with Crippen molar-refractivity contribution in [2.45, 2.75) is 31.7 Å². The van der Waals surface area contributed by atoms with Crippen molar-refractivity contribution in [2.75, 3.05) is 0 Å². The summed E-state index contributed by atoms with van der Waals surface area (Å²) in [5, 5.41) is 9.58. The molecule has 0 spiro atoms. The monoisotopic (exact) mass is 314 g/mol. The average molecular weight is 314 g/mol. The van der Waals surface area contributed by atoms with Crippen molar-refractivity contribution >= 4 is 22.3 Å². The number of fused-ring (bicyclic) bond motifs is 2. The highest BCUT2D eigenvalue weighted by Gasteiger charge is 2.40. The van der Waals surface area contributed by atoms with Gasteiger partial charge in [-0.3, -0.25) is 5.10 Å². The van der Waals surface area contributed by atoms with Gasteiger partial charge in [0, 0.05) is 5.56 Å². The van der Waals surface area contributed by atoms with E-state index in [-0.39, 0.29) is 12.0 Å². The van der Waals surface area contributed by atoms with Crippen molar-refractivity contribution in [1.82, 2.24) is 10.2 Å². The topological polar surface area (TPSA) is 45.4 Å². The molecule has 2 aromatic carbocycles. The summed E-state index contributed by atoms with van der Waals surface area (Å²) < 4.78 is 0. The molecule has 1 aromatic heterocycles. The van der Waals surface area contributed by atoms with E-state index >= 15 is 0 Å². The first-order chi connectivity index (χ1) is 11.8. The van der Waals surface area contributed by atoms with Gasteiger partial charge in [-0.15, -0.1) is 0 Å². The van der Waals surface area contributed by atoms with Crippen LogP contribution in [0.1, 0.15) is 36.8 Å². The summed E-state index contributed by atoms with van der Waals surface area (Å²) in [4.78, 5) is 8.66. The van der Waals surface area contributed by atoms with E-state index in [1.54, 1.807) is 0 Å². The second-order valence-electron chi connectivity index (χ2n) is 6.15. The number of rotatable bonds is 3. The van der Waals surface area contributed by atoms with Crippen LogP contribution in [0.5, 0.6) is 0 Å². The van der Waals surface area contributed by atoms with Gasteiger partial charge >= 0.3 is 0 Å². The van der Waals surface area contributed by atoms with Crippen molar-refractivity contribution < 1.29 is 0 Å². The molecule has 4 heteroatoms. The zero-order chi connectivity index (χ0) is 16.5. The number of H-pyrrole nitrogens is 1. The fourth-order valence-corrected chi connectivity index (χ4v) is 3.65. The normalized spacial score (nSPS) is 19.6. The largest absolute Gasteiger partial charge is 0.306 e. The summed E-state index contributed by atoms with van der Waals surface area (Å²) in [5.74, 6) is 0.776. The molecule has 0 saturated heterocycles. The summed E-state index contributed by atoms with van der Waals surface area (Å²) in [6.45, 7) is 9.93. The molecule has 24 heavy (non-hydrogen) atoms. The summed E-state index contributed by atoms with van der Waals surface area (Å²) >= 11 is 0. The Balaban J connectivity index is 1.96. The third-order valence-electron chi connectivity index (χ3n) is 4.70. The third kappa shape index (κ3) is 2.21. The molecule has 0 fully saturated rings. The Morgan fingerprint density at radius 3 is 2.79 bits per heavy atom. The van der Waals surface area contributed by atoms with Crippen LogP contribution in [0, 0.1) is 6.57 Å². The lowest BCUT2D eigenvalue weighted by Gasteiger charge is -2.25. The van der Waals surface area contributed by atoms with Gasteiger partial charge in [0.1, 0.15) is 5.71 Å². The summed E-state index contributed by atoms with van der Waals surface area (Å²) in [7, 11) is 0. The van der Waals surface area contributed by atoms with Crippen LogP contribution < -0.4 is 0 Å². The minimum absolute atomic E-state index is 0.0265. The van der Waals surface area contributed by atoms with Gasteiger partial charge < -0.3 is 4.85 Å². The SMILES string of the molecule is [C-]#[N+]C1C(CCC)=Nc2[nH]ncc2C1c1cccc2ccccc12. The molecule has 1 aliphatic heterocycles. The molecule has 4 rings (SSSR count). The predicted molar refractivity (Wildman–Crippen MR) is 96.8 cm³/mol. The number of aromatic nitrogens is 2. The zero-order valence-electron chi connectivity index (χ0n) is 13.5. The fourth-order valence-electron chi connectivity index (χ4n) is 3.65. The molecule has 2 heterocycles. The van der Waals surface area contributed by atoms with E-state index in [4.69, 9.17) is 6.57 Å². The van der Waals surface area contributed by atoms with Crippen LogP contribution in [0.3, 0.4) is 0 Å².